The maximum Gasteiger partial charge on any atom is 0.269 e. The number of non-ortho nitro benzene ring substituents is 1. The van der Waals surface area contributed by atoms with E-state index in [9.17, 15) is 10.1 Å². The van der Waals surface area contributed by atoms with E-state index in [0.717, 1.165) is 22.6 Å². The van der Waals surface area contributed by atoms with E-state index >= 15 is 0 Å². The summed E-state index contributed by atoms with van der Waals surface area (Å²) in [5.41, 5.74) is 2.33. The molecule has 0 aromatic heterocycles. The van der Waals surface area contributed by atoms with E-state index in [1.165, 1.54) is 12.1 Å². The van der Waals surface area contributed by atoms with Gasteiger partial charge in [-0.25, -0.2) is 0 Å². The average molecular weight is 441 g/mol. The summed E-state index contributed by atoms with van der Waals surface area (Å²) in [4.78, 5) is 14.8. The molecule has 3 aromatic carbocycles. The van der Waals surface area contributed by atoms with Crippen LogP contribution in [0.25, 0.3) is 0 Å². The molecule has 0 aliphatic heterocycles. The zero-order valence-electron chi connectivity index (χ0n) is 17.1. The highest BCUT2D eigenvalue weighted by molar-refractivity contribution is 6.32. The minimum Gasteiger partial charge on any atom is -0.497 e. The molecule has 0 amide bonds. The van der Waals surface area contributed by atoms with Gasteiger partial charge in [-0.1, -0.05) is 11.6 Å². The first kappa shape index (κ1) is 22.1. The highest BCUT2D eigenvalue weighted by atomic mass is 35.5. The summed E-state index contributed by atoms with van der Waals surface area (Å²) < 4.78 is 16.7. The Hall–Kier alpha value is -3.58. The Morgan fingerprint density at radius 1 is 1.06 bits per heavy atom. The summed E-state index contributed by atoms with van der Waals surface area (Å²) in [6.07, 6.45) is 1.69. The van der Waals surface area contributed by atoms with Crippen LogP contribution >= 0.6 is 11.6 Å². The van der Waals surface area contributed by atoms with Crippen LogP contribution in [0.3, 0.4) is 0 Å². The number of rotatable bonds is 9. The number of aliphatic imine (C=N–C) groups is 1. The van der Waals surface area contributed by atoms with Gasteiger partial charge in [0, 0.05) is 18.3 Å². The van der Waals surface area contributed by atoms with Gasteiger partial charge in [-0.3, -0.25) is 15.1 Å². The van der Waals surface area contributed by atoms with Gasteiger partial charge >= 0.3 is 0 Å². The lowest BCUT2D eigenvalue weighted by atomic mass is 10.2. The smallest absolute Gasteiger partial charge is 0.269 e. The van der Waals surface area contributed by atoms with Gasteiger partial charge in [0.05, 0.1) is 29.4 Å². The third-order valence-electron chi connectivity index (χ3n) is 4.30. The Morgan fingerprint density at radius 2 is 1.77 bits per heavy atom. The molecular weight excluding hydrogens is 420 g/mol. The standard InChI is InChI=1S/C23H21ClN2O5/c1-3-30-22-13-17(14-25-18-6-10-20(29-2)11-7-18)12-21(24)23(22)31-15-16-4-8-19(9-5-16)26(27)28/h4-14H,3,15H2,1-2H3. The molecule has 0 saturated carbocycles. The minimum absolute atomic E-state index is 0.0253. The van der Waals surface area contributed by atoms with Gasteiger partial charge in [-0.15, -0.1) is 0 Å². The van der Waals surface area contributed by atoms with Gasteiger partial charge in [-0.05, 0) is 66.6 Å². The fourth-order valence-electron chi connectivity index (χ4n) is 2.75. The second kappa shape index (κ2) is 10.4. The fourth-order valence-corrected chi connectivity index (χ4v) is 3.03. The Balaban J connectivity index is 1.77. The SMILES string of the molecule is CCOc1cc(C=Nc2ccc(OC)cc2)cc(Cl)c1OCc1ccc([N+](=O)[O-])cc1. The first-order valence-corrected chi connectivity index (χ1v) is 9.88. The van der Waals surface area contributed by atoms with E-state index in [4.69, 9.17) is 25.8 Å². The van der Waals surface area contributed by atoms with Crippen LogP contribution in [0.15, 0.2) is 65.7 Å². The zero-order valence-corrected chi connectivity index (χ0v) is 17.8. The second-order valence-corrected chi connectivity index (χ2v) is 6.84. The number of halogens is 1. The topological polar surface area (TPSA) is 83.2 Å². The maximum atomic E-state index is 10.8. The Morgan fingerprint density at radius 3 is 2.39 bits per heavy atom. The number of nitrogens with zero attached hydrogens (tertiary/aromatic N) is 2. The van der Waals surface area contributed by atoms with Crippen LogP contribution in [0.1, 0.15) is 18.1 Å². The lowest BCUT2D eigenvalue weighted by Crippen LogP contribution is -2.01. The fraction of sp³-hybridized carbons (Fsp3) is 0.174. The van der Waals surface area contributed by atoms with Crippen molar-refractivity contribution in [2.75, 3.05) is 13.7 Å². The largest absolute Gasteiger partial charge is 0.497 e. The average Bonchev–Trinajstić information content (AvgIpc) is 2.78. The van der Waals surface area contributed by atoms with Crippen LogP contribution in [-0.4, -0.2) is 24.9 Å². The molecule has 0 aliphatic rings. The van der Waals surface area contributed by atoms with Crippen LogP contribution in [0, 0.1) is 10.1 Å². The lowest BCUT2D eigenvalue weighted by molar-refractivity contribution is -0.384. The van der Waals surface area contributed by atoms with Crippen molar-refractivity contribution in [1.29, 1.82) is 0 Å². The summed E-state index contributed by atoms with van der Waals surface area (Å²) >= 11 is 6.45. The van der Waals surface area contributed by atoms with Gasteiger partial charge in [0.15, 0.2) is 11.5 Å². The Labute approximate surface area is 185 Å². The molecule has 31 heavy (non-hydrogen) atoms. The molecule has 0 radical (unpaired) electrons. The van der Waals surface area contributed by atoms with Gasteiger partial charge in [0.2, 0.25) is 0 Å². The molecule has 160 valence electrons. The van der Waals surface area contributed by atoms with Crippen molar-refractivity contribution < 1.29 is 19.1 Å². The van der Waals surface area contributed by atoms with E-state index in [-0.39, 0.29) is 12.3 Å². The van der Waals surface area contributed by atoms with Crippen molar-refractivity contribution in [2.24, 2.45) is 4.99 Å². The third-order valence-corrected chi connectivity index (χ3v) is 4.58. The lowest BCUT2D eigenvalue weighted by Gasteiger charge is -2.14. The Kier molecular flexibility index (Phi) is 7.45. The molecule has 0 atom stereocenters. The van der Waals surface area contributed by atoms with E-state index in [0.29, 0.717) is 23.1 Å². The Bertz CT molecular complexity index is 1070. The van der Waals surface area contributed by atoms with E-state index in [1.807, 2.05) is 31.2 Å². The van der Waals surface area contributed by atoms with Gasteiger partial charge < -0.3 is 14.2 Å². The molecule has 3 rings (SSSR count). The molecule has 0 bridgehead atoms. The van der Waals surface area contributed by atoms with Gasteiger partial charge in [0.1, 0.15) is 12.4 Å². The van der Waals surface area contributed by atoms with E-state index in [2.05, 4.69) is 4.99 Å². The summed E-state index contributed by atoms with van der Waals surface area (Å²) in [6.45, 7) is 2.49. The van der Waals surface area contributed by atoms with Gasteiger partial charge in [0.25, 0.3) is 5.69 Å². The quantitative estimate of drug-likeness (QED) is 0.232. The molecule has 7 nitrogen and oxygen atoms in total. The summed E-state index contributed by atoms with van der Waals surface area (Å²) in [7, 11) is 1.61. The minimum atomic E-state index is -0.444. The second-order valence-electron chi connectivity index (χ2n) is 6.43. The molecule has 0 heterocycles. The van der Waals surface area contributed by atoms with Crippen LogP contribution in [0.2, 0.25) is 5.02 Å². The molecule has 0 N–H and O–H groups in total. The first-order chi connectivity index (χ1) is 15.0. The molecule has 0 aliphatic carbocycles. The zero-order chi connectivity index (χ0) is 22.2. The first-order valence-electron chi connectivity index (χ1n) is 9.50. The molecule has 3 aromatic rings. The predicted molar refractivity (Wildman–Crippen MR) is 120 cm³/mol. The molecule has 0 saturated heterocycles. The number of hydrogen-bond donors (Lipinski definition) is 0. The summed E-state index contributed by atoms with van der Waals surface area (Å²) in [5, 5.41) is 11.2. The van der Waals surface area contributed by atoms with Crippen LogP contribution in [0.5, 0.6) is 17.2 Å². The van der Waals surface area contributed by atoms with Crippen LogP contribution < -0.4 is 14.2 Å². The molecular formula is C23H21ClN2O5. The van der Waals surface area contributed by atoms with Crippen molar-refractivity contribution >= 4 is 29.2 Å². The highest BCUT2D eigenvalue weighted by Gasteiger charge is 2.13. The number of nitro groups is 1. The molecule has 0 fully saturated rings. The highest BCUT2D eigenvalue weighted by Crippen LogP contribution is 2.37. The van der Waals surface area contributed by atoms with Crippen molar-refractivity contribution in [1.82, 2.24) is 0 Å². The monoisotopic (exact) mass is 440 g/mol. The van der Waals surface area contributed by atoms with E-state index < -0.39 is 4.92 Å². The normalized spacial score (nSPS) is 10.8. The van der Waals surface area contributed by atoms with Crippen molar-refractivity contribution in [3.63, 3.8) is 0 Å². The molecule has 0 unspecified atom stereocenters. The van der Waals surface area contributed by atoms with Crippen LogP contribution in [-0.2, 0) is 6.61 Å². The van der Waals surface area contributed by atoms with Crippen molar-refractivity contribution in [2.45, 2.75) is 13.5 Å². The van der Waals surface area contributed by atoms with Gasteiger partial charge in [-0.2, -0.15) is 0 Å². The van der Waals surface area contributed by atoms with Crippen LogP contribution in [0.4, 0.5) is 11.4 Å². The number of hydrogen-bond acceptors (Lipinski definition) is 6. The molecule has 8 heteroatoms. The number of methoxy groups -OCH3 is 1. The van der Waals surface area contributed by atoms with E-state index in [1.54, 1.807) is 37.6 Å². The summed E-state index contributed by atoms with van der Waals surface area (Å²) in [5.74, 6) is 1.66. The summed E-state index contributed by atoms with van der Waals surface area (Å²) in [6, 6.07) is 17.1. The predicted octanol–water partition coefficient (Wildman–Crippen LogP) is 5.99. The van der Waals surface area contributed by atoms with Crippen molar-refractivity contribution in [3.05, 3.63) is 86.9 Å². The molecule has 0 spiro atoms. The third kappa shape index (κ3) is 5.96. The number of benzene rings is 3. The van der Waals surface area contributed by atoms with Crippen molar-refractivity contribution in [3.8, 4) is 17.2 Å². The number of ether oxygens (including phenoxy) is 3. The number of nitro benzene ring substituents is 1. The maximum absolute atomic E-state index is 10.8.